The third-order valence-corrected chi connectivity index (χ3v) is 12.8. The van der Waals surface area contributed by atoms with Gasteiger partial charge in [-0.15, -0.1) is 23.2 Å². The number of H-pyrrole nitrogens is 1. The summed E-state index contributed by atoms with van der Waals surface area (Å²) in [7, 11) is -8.78. The van der Waals surface area contributed by atoms with Crippen molar-refractivity contribution in [3.63, 3.8) is 0 Å². The Kier molecular flexibility index (Phi) is 14.1. The Labute approximate surface area is 400 Å². The molecule has 0 fully saturated rings. The van der Waals surface area contributed by atoms with E-state index < -0.39 is 23.4 Å². The van der Waals surface area contributed by atoms with E-state index in [9.17, 15) is 13.2 Å². The monoisotopic (exact) mass is 992 g/mol. The molecule has 8 aromatic carbocycles. The Hall–Kier alpha value is -6.86. The van der Waals surface area contributed by atoms with E-state index in [2.05, 4.69) is 119 Å². The second-order valence-corrected chi connectivity index (χ2v) is 18.8. The third-order valence-electron chi connectivity index (χ3n) is 10.8. The first-order valence-electron chi connectivity index (χ1n) is 20.6. The summed E-state index contributed by atoms with van der Waals surface area (Å²) in [6, 6.07) is 61.7. The van der Waals surface area contributed by atoms with Crippen LogP contribution >= 0.6 is 30.9 Å². The fraction of sp³-hybridized carbons (Fsp3) is 0.0577. The van der Waals surface area contributed by atoms with Crippen LogP contribution in [0.5, 0.6) is 17.2 Å². The molecular weight excluding hydrogens is 956 g/mol. The topological polar surface area (TPSA) is 128 Å². The van der Waals surface area contributed by atoms with E-state index >= 15 is 4.57 Å². The number of halogens is 5. The van der Waals surface area contributed by atoms with E-state index in [1.54, 1.807) is 25.4 Å². The molecule has 0 amide bonds. The minimum atomic E-state index is -6.09. The van der Waals surface area contributed by atoms with Crippen LogP contribution in [-0.4, -0.2) is 30.9 Å². The van der Waals surface area contributed by atoms with Crippen molar-refractivity contribution in [2.45, 2.75) is 5.51 Å². The number of hydrogen-bond acceptors (Lipinski definition) is 7. The summed E-state index contributed by atoms with van der Waals surface area (Å²) in [6.45, 7) is 0. The van der Waals surface area contributed by atoms with Gasteiger partial charge in [0, 0.05) is 28.3 Å². The Balaban J connectivity index is 0.000000512. The zero-order valence-electron chi connectivity index (χ0n) is 35.7. The van der Waals surface area contributed by atoms with E-state index in [1.807, 2.05) is 60.7 Å². The molecule has 0 saturated heterocycles. The average Bonchev–Trinajstić information content (AvgIpc) is 3.48. The van der Waals surface area contributed by atoms with E-state index in [1.165, 1.54) is 0 Å². The Morgan fingerprint density at radius 2 is 0.971 bits per heavy atom. The third kappa shape index (κ3) is 10.3. The highest BCUT2D eigenvalue weighted by Crippen LogP contribution is 2.62. The smallest absolute Gasteiger partial charge is 0.634 e. The Morgan fingerprint density at radius 1 is 0.603 bits per heavy atom. The Morgan fingerprint density at radius 3 is 1.37 bits per heavy atom. The molecule has 0 saturated carbocycles. The van der Waals surface area contributed by atoms with E-state index in [0.717, 1.165) is 77.2 Å². The summed E-state index contributed by atoms with van der Waals surface area (Å²) in [6.07, 6.45) is 1.72. The quantitative estimate of drug-likeness (QED) is 0.0724. The van der Waals surface area contributed by atoms with Crippen LogP contribution in [0.3, 0.4) is 0 Å². The van der Waals surface area contributed by atoms with Gasteiger partial charge in [-0.3, -0.25) is 0 Å². The first-order valence-corrected chi connectivity index (χ1v) is 24.6. The number of ether oxygens (including phenoxy) is 1. The number of rotatable bonds is 7. The van der Waals surface area contributed by atoms with E-state index in [0.29, 0.717) is 23.1 Å². The number of anilines is 1. The molecule has 1 aromatic heterocycles. The number of aromatic amines is 1. The number of nitrogens with one attached hydrogen (secondary N) is 2. The van der Waals surface area contributed by atoms with Crippen molar-refractivity contribution in [2.24, 2.45) is 0 Å². The fourth-order valence-corrected chi connectivity index (χ4v) is 9.22. The van der Waals surface area contributed by atoms with Crippen molar-refractivity contribution in [3.05, 3.63) is 188 Å². The second kappa shape index (κ2) is 20.2. The van der Waals surface area contributed by atoms with Crippen molar-refractivity contribution in [3.8, 4) is 72.9 Å². The minimum Gasteiger partial charge on any atom is -0.741 e. The van der Waals surface area contributed by atoms with Crippen LogP contribution in [-0.2, 0) is 14.7 Å². The molecule has 10 rings (SSSR count). The number of methoxy groups -OCH3 is 1. The molecule has 0 spiro atoms. The van der Waals surface area contributed by atoms with Crippen molar-refractivity contribution in [2.75, 3.05) is 17.5 Å². The molecule has 2 heterocycles. The van der Waals surface area contributed by atoms with Gasteiger partial charge in [-0.2, -0.15) is 22.8 Å². The number of aromatic nitrogens is 1. The van der Waals surface area contributed by atoms with Crippen LogP contribution in [0.2, 0.25) is 0 Å². The number of hydrogen-bond donors (Lipinski definition) is 1. The lowest BCUT2D eigenvalue weighted by molar-refractivity contribution is -0.360. The Bertz CT molecular complexity index is 3230. The number of pyridine rings is 1. The van der Waals surface area contributed by atoms with E-state index in [-0.39, 0.29) is 5.34 Å². The maximum Gasteiger partial charge on any atom is 0.634 e. The highest BCUT2D eigenvalue weighted by molar-refractivity contribution is 7.86. The van der Waals surface area contributed by atoms with Crippen LogP contribution in [0.15, 0.2) is 188 Å². The normalized spacial score (nSPS) is 12.6. The lowest BCUT2D eigenvalue weighted by atomic mass is 9.86. The highest BCUT2D eigenvalue weighted by atomic mass is 35.5. The zero-order valence-corrected chi connectivity index (χ0v) is 38.9. The first-order chi connectivity index (χ1) is 32.7. The molecule has 0 radical (unpaired) electrons. The summed E-state index contributed by atoms with van der Waals surface area (Å²) >= 11 is 9.53. The summed E-state index contributed by atoms with van der Waals surface area (Å²) < 4.78 is 93.8. The SMILES string of the molecule is COc1cc[nH+]c(NP2(=O)Oc3c(-c4ccc(-c5ccccc5)cc4)cc4ccccc4c3-c3c(c(-c4ccc(-c5ccccc5)cc4)cc4ccccc34)O2)c1.ClCCl.O=S(=O)([O-])C(F)(F)F. The van der Waals surface area contributed by atoms with E-state index in [4.69, 9.17) is 50.0 Å². The molecule has 1 aliphatic rings. The molecule has 0 unspecified atom stereocenters. The molecule has 16 heteroatoms. The van der Waals surface area contributed by atoms with Gasteiger partial charge in [0.1, 0.15) is 5.75 Å². The lowest BCUT2D eigenvalue weighted by Gasteiger charge is -2.19. The van der Waals surface area contributed by atoms with Crippen molar-refractivity contribution >= 4 is 68.4 Å². The van der Waals surface area contributed by atoms with Gasteiger partial charge in [0.05, 0.1) is 24.7 Å². The predicted molar refractivity (Wildman–Crippen MR) is 263 cm³/mol. The number of fused-ring (bicyclic) bond motifs is 7. The summed E-state index contributed by atoms with van der Waals surface area (Å²) in [5, 5.41) is 7.27. The van der Waals surface area contributed by atoms with Crippen molar-refractivity contribution in [1.29, 1.82) is 0 Å². The molecule has 68 heavy (non-hydrogen) atoms. The summed E-state index contributed by atoms with van der Waals surface area (Å²) in [5.41, 5.74) is 3.80. The number of benzene rings is 8. The van der Waals surface area contributed by atoms with Crippen LogP contribution in [0, 0.1) is 0 Å². The van der Waals surface area contributed by atoms with Crippen LogP contribution < -0.4 is 23.9 Å². The van der Waals surface area contributed by atoms with Crippen molar-refractivity contribution < 1.29 is 49.5 Å². The summed E-state index contributed by atoms with van der Waals surface area (Å²) in [5.74, 6) is 1.90. The van der Waals surface area contributed by atoms with Crippen LogP contribution in [0.1, 0.15) is 0 Å². The van der Waals surface area contributed by atoms with Gasteiger partial charge >= 0.3 is 13.3 Å². The van der Waals surface area contributed by atoms with Gasteiger partial charge in [-0.1, -0.05) is 158 Å². The summed E-state index contributed by atoms with van der Waals surface area (Å²) in [4.78, 5) is 3.16. The van der Waals surface area contributed by atoms with Gasteiger partial charge in [0.25, 0.3) is 5.82 Å². The molecule has 9 aromatic rings. The predicted octanol–water partition coefficient (Wildman–Crippen LogP) is 14.6. The molecule has 2 N–H and O–H groups in total. The molecule has 0 bridgehead atoms. The average molecular weight is 994 g/mol. The van der Waals surface area contributed by atoms with Gasteiger partial charge in [0.15, 0.2) is 21.6 Å². The van der Waals surface area contributed by atoms with Crippen LogP contribution in [0.25, 0.3) is 77.2 Å². The second-order valence-electron chi connectivity index (χ2n) is 15.0. The molecule has 0 atom stereocenters. The maximum atomic E-state index is 15.6. The molecule has 9 nitrogen and oxygen atoms in total. The van der Waals surface area contributed by atoms with Gasteiger partial charge < -0.3 is 18.3 Å². The highest BCUT2D eigenvalue weighted by Gasteiger charge is 2.43. The van der Waals surface area contributed by atoms with Gasteiger partial charge in [-0.25, -0.2) is 13.4 Å². The van der Waals surface area contributed by atoms with Crippen LogP contribution in [0.4, 0.5) is 19.0 Å². The largest absolute Gasteiger partial charge is 0.741 e. The molecular formula is C52H38Cl2F3N2O7PS. The molecule has 344 valence electrons. The zero-order chi connectivity index (χ0) is 48.1. The standard InChI is InChI=1S/C50H35N2O4P.CH2Cl2.CHF3O3S/c1-54-41-28-29-51-46(32-41)52-57(53)55-49-44(37-24-20-35(21-25-37)33-12-4-2-5-13-33)30-39-16-8-10-18-42(39)47(49)48-43-19-11-9-17-40(43)31-45(50(48)56-57)38-26-22-36(23-27-38)34-14-6-3-7-15-34;2-1-3;2-1(3,4)8(5,6)7/h2-32H,1H3,(H,51,52,53);1H2;(H,5,6,7). The molecule has 1 aliphatic heterocycles. The molecule has 0 aliphatic carbocycles. The lowest BCUT2D eigenvalue weighted by Crippen LogP contribution is -2.21. The minimum absolute atomic E-state index is 0.194. The first kappa shape index (κ1) is 47.6. The van der Waals surface area contributed by atoms with Gasteiger partial charge in [0.2, 0.25) is 0 Å². The number of alkyl halides is 5. The fourth-order valence-electron chi connectivity index (χ4n) is 7.81. The van der Waals surface area contributed by atoms with Gasteiger partial charge in [-0.05, 0) is 67.1 Å². The maximum absolute atomic E-state index is 15.6. The van der Waals surface area contributed by atoms with Crippen molar-refractivity contribution in [1.82, 2.24) is 0 Å².